The molecule has 0 aliphatic carbocycles. The lowest BCUT2D eigenvalue weighted by Crippen LogP contribution is -2.47. The van der Waals surface area contributed by atoms with E-state index in [9.17, 15) is 15.0 Å². The number of carbonyl (C=O) groups is 1. The van der Waals surface area contributed by atoms with Crippen LogP contribution < -0.4 is 0 Å². The highest BCUT2D eigenvalue weighted by Crippen LogP contribution is 2.27. The molecule has 0 aromatic rings. The van der Waals surface area contributed by atoms with Gasteiger partial charge in [0, 0.05) is 12.8 Å². The molecule has 0 saturated carbocycles. The van der Waals surface area contributed by atoms with Crippen molar-refractivity contribution in [3.63, 3.8) is 0 Å². The molecule has 3 heteroatoms. The quantitative estimate of drug-likeness (QED) is 0.592. The first-order valence-electron chi connectivity index (χ1n) is 7.17. The first-order valence-corrected chi connectivity index (χ1v) is 7.17. The molecule has 1 atom stereocenters. The molecule has 0 saturated heterocycles. The van der Waals surface area contributed by atoms with E-state index in [0.717, 1.165) is 32.1 Å². The summed E-state index contributed by atoms with van der Waals surface area (Å²) in [5, 5.41) is 19.9. The Morgan fingerprint density at radius 3 is 1.94 bits per heavy atom. The van der Waals surface area contributed by atoms with Crippen LogP contribution in [0.5, 0.6) is 0 Å². The lowest BCUT2D eigenvalue weighted by atomic mass is 9.83. The van der Waals surface area contributed by atoms with Crippen molar-refractivity contribution >= 4 is 5.78 Å². The first-order chi connectivity index (χ1) is 8.20. The third-order valence-corrected chi connectivity index (χ3v) is 3.83. The van der Waals surface area contributed by atoms with Crippen LogP contribution >= 0.6 is 0 Å². The lowest BCUT2D eigenvalue weighted by Gasteiger charge is -2.35. The Bertz CT molecular complexity index is 239. The number of rotatable bonds is 10. The monoisotopic (exact) mass is 258 g/mol. The minimum Gasteiger partial charge on any atom is -0.387 e. The zero-order chi connectivity index (χ0) is 14.2. The summed E-state index contributed by atoms with van der Waals surface area (Å²) in [4.78, 5) is 11.1. The van der Waals surface area contributed by atoms with Crippen LogP contribution in [0.3, 0.4) is 0 Å². The van der Waals surface area contributed by atoms with Crippen molar-refractivity contribution in [2.45, 2.75) is 90.3 Å². The van der Waals surface area contributed by atoms with Crippen molar-refractivity contribution < 1.29 is 15.0 Å². The zero-order valence-corrected chi connectivity index (χ0v) is 12.5. The normalized spacial score (nSPS) is 15.4. The van der Waals surface area contributed by atoms with Gasteiger partial charge in [-0.25, -0.2) is 0 Å². The fraction of sp³-hybridized carbons (Fsp3) is 0.933. The third kappa shape index (κ3) is 7.12. The van der Waals surface area contributed by atoms with Crippen molar-refractivity contribution in [1.82, 2.24) is 0 Å². The Balaban J connectivity index is 3.55. The largest absolute Gasteiger partial charge is 0.387 e. The molecule has 0 aromatic heterocycles. The fourth-order valence-electron chi connectivity index (χ4n) is 1.80. The molecule has 0 heterocycles. The van der Waals surface area contributed by atoms with Gasteiger partial charge in [0.1, 0.15) is 5.78 Å². The van der Waals surface area contributed by atoms with E-state index in [4.69, 9.17) is 0 Å². The molecule has 0 fully saturated rings. The number of Topliss-reactive ketones (excluding diaryl/α,β-unsaturated/α-hetero) is 1. The number of hydrogen-bond acceptors (Lipinski definition) is 3. The summed E-state index contributed by atoms with van der Waals surface area (Å²) in [6, 6.07) is 0. The summed E-state index contributed by atoms with van der Waals surface area (Å²) in [5.74, 6) is 0.347. The fourth-order valence-corrected chi connectivity index (χ4v) is 1.80. The molecule has 0 radical (unpaired) electrons. The van der Waals surface area contributed by atoms with Crippen LogP contribution in [0.2, 0.25) is 0 Å². The summed E-state index contributed by atoms with van der Waals surface area (Å²) in [5.41, 5.74) is -2.08. The van der Waals surface area contributed by atoms with Crippen molar-refractivity contribution in [2.75, 3.05) is 0 Å². The van der Waals surface area contributed by atoms with E-state index in [1.807, 2.05) is 6.92 Å². The summed E-state index contributed by atoms with van der Waals surface area (Å²) < 4.78 is 0. The van der Waals surface area contributed by atoms with Crippen LogP contribution in [0.1, 0.15) is 79.1 Å². The van der Waals surface area contributed by atoms with E-state index < -0.39 is 11.2 Å². The van der Waals surface area contributed by atoms with Crippen molar-refractivity contribution in [3.05, 3.63) is 0 Å². The molecule has 0 amide bonds. The number of aliphatic hydroxyl groups is 2. The molecule has 0 bridgehead atoms. The van der Waals surface area contributed by atoms with E-state index in [1.54, 1.807) is 20.8 Å². The predicted molar refractivity (Wildman–Crippen MR) is 74.5 cm³/mol. The van der Waals surface area contributed by atoms with E-state index >= 15 is 0 Å². The third-order valence-electron chi connectivity index (χ3n) is 3.83. The predicted octanol–water partition coefficient (Wildman–Crippen LogP) is 3.22. The van der Waals surface area contributed by atoms with Gasteiger partial charge in [-0.05, 0) is 33.6 Å². The maximum Gasteiger partial charge on any atom is 0.132 e. The average molecular weight is 258 g/mol. The maximum absolute atomic E-state index is 11.1. The standard InChI is InChI=1S/C15H30O3/c1-5-13(16)11-9-7-6-8-10-12-15(4,18)14(2,3)17/h17-18H,5-12H2,1-4H3. The highest BCUT2D eigenvalue weighted by Gasteiger charge is 2.36. The van der Waals surface area contributed by atoms with Crippen LogP contribution in [-0.2, 0) is 4.79 Å². The Labute approximate surface area is 112 Å². The lowest BCUT2D eigenvalue weighted by molar-refractivity contribution is -0.124. The Morgan fingerprint density at radius 1 is 0.944 bits per heavy atom. The van der Waals surface area contributed by atoms with E-state index in [-0.39, 0.29) is 0 Å². The van der Waals surface area contributed by atoms with Crippen molar-refractivity contribution in [1.29, 1.82) is 0 Å². The summed E-state index contributed by atoms with van der Waals surface area (Å²) >= 11 is 0. The molecule has 0 aliphatic rings. The van der Waals surface area contributed by atoms with Crippen LogP contribution in [-0.4, -0.2) is 27.2 Å². The van der Waals surface area contributed by atoms with Gasteiger partial charge in [-0.15, -0.1) is 0 Å². The van der Waals surface area contributed by atoms with Crippen LogP contribution in [0, 0.1) is 0 Å². The van der Waals surface area contributed by atoms with Crippen molar-refractivity contribution in [2.24, 2.45) is 0 Å². The van der Waals surface area contributed by atoms with Gasteiger partial charge in [0.2, 0.25) is 0 Å². The molecule has 1 unspecified atom stereocenters. The average Bonchev–Trinajstić information content (AvgIpc) is 2.25. The molecular weight excluding hydrogens is 228 g/mol. The van der Waals surface area contributed by atoms with Gasteiger partial charge in [0.25, 0.3) is 0 Å². The minimum absolute atomic E-state index is 0.347. The van der Waals surface area contributed by atoms with E-state index in [2.05, 4.69) is 0 Å². The van der Waals surface area contributed by atoms with E-state index in [0.29, 0.717) is 25.0 Å². The number of unbranched alkanes of at least 4 members (excludes halogenated alkanes) is 4. The number of ketones is 1. The van der Waals surface area contributed by atoms with Gasteiger partial charge in [-0.2, -0.15) is 0 Å². The van der Waals surface area contributed by atoms with Crippen LogP contribution in [0.25, 0.3) is 0 Å². The zero-order valence-electron chi connectivity index (χ0n) is 12.5. The van der Waals surface area contributed by atoms with Crippen molar-refractivity contribution in [3.8, 4) is 0 Å². The molecule has 108 valence electrons. The second-order valence-electron chi connectivity index (χ2n) is 5.99. The van der Waals surface area contributed by atoms with Gasteiger partial charge < -0.3 is 10.2 Å². The number of hydrogen-bond donors (Lipinski definition) is 2. The second kappa shape index (κ2) is 7.90. The van der Waals surface area contributed by atoms with Gasteiger partial charge in [-0.1, -0.05) is 32.6 Å². The van der Waals surface area contributed by atoms with Crippen LogP contribution in [0.15, 0.2) is 0 Å². The summed E-state index contributed by atoms with van der Waals surface area (Å²) in [6.45, 7) is 6.88. The molecule has 0 aromatic carbocycles. The molecule has 18 heavy (non-hydrogen) atoms. The molecule has 3 nitrogen and oxygen atoms in total. The molecule has 0 aliphatic heterocycles. The molecule has 0 rings (SSSR count). The van der Waals surface area contributed by atoms with Gasteiger partial charge in [0.15, 0.2) is 0 Å². The second-order valence-corrected chi connectivity index (χ2v) is 5.99. The highest BCUT2D eigenvalue weighted by molar-refractivity contribution is 5.77. The topological polar surface area (TPSA) is 57.5 Å². The van der Waals surface area contributed by atoms with Gasteiger partial charge in [0.05, 0.1) is 11.2 Å². The Morgan fingerprint density at radius 2 is 1.44 bits per heavy atom. The van der Waals surface area contributed by atoms with Gasteiger partial charge >= 0.3 is 0 Å². The van der Waals surface area contributed by atoms with E-state index in [1.165, 1.54) is 0 Å². The molecule has 2 N–H and O–H groups in total. The molecule has 0 spiro atoms. The molecular formula is C15H30O3. The SMILES string of the molecule is CCC(=O)CCCCCCCC(C)(O)C(C)(C)O. The summed E-state index contributed by atoms with van der Waals surface area (Å²) in [7, 11) is 0. The Hall–Kier alpha value is -0.410. The smallest absolute Gasteiger partial charge is 0.132 e. The Kier molecular flexibility index (Phi) is 7.72. The first kappa shape index (κ1) is 17.6. The van der Waals surface area contributed by atoms with Crippen LogP contribution in [0.4, 0.5) is 0 Å². The number of carbonyl (C=O) groups excluding carboxylic acids is 1. The summed E-state index contributed by atoms with van der Waals surface area (Å²) in [6.07, 6.45) is 7.09. The maximum atomic E-state index is 11.1. The van der Waals surface area contributed by atoms with Gasteiger partial charge in [-0.3, -0.25) is 4.79 Å². The minimum atomic E-state index is -1.06. The highest BCUT2D eigenvalue weighted by atomic mass is 16.3.